The molecule has 0 radical (unpaired) electrons. The summed E-state index contributed by atoms with van der Waals surface area (Å²) in [6.07, 6.45) is -1.44. The first-order valence-electron chi connectivity index (χ1n) is 14.8. The number of benzene rings is 2. The van der Waals surface area contributed by atoms with Gasteiger partial charge in [0.05, 0.1) is 12.9 Å². The lowest BCUT2D eigenvalue weighted by atomic mass is 9.91. The maximum absolute atomic E-state index is 12.9. The molecule has 1 amide bonds. The molecule has 2 aliphatic heterocycles. The molecular weight excluding hydrogens is 564 g/mol. The SMILES string of the molecule is CCNC(=O)[C@H]1O[C@@H](n2cnc3c(NCC(c4ccccc4)c4ccccc4)nc(C(=O)OCC)nc32)[C@H]2OC(C)(C)O[C@@H]21. The van der Waals surface area contributed by atoms with Crippen molar-refractivity contribution in [3.05, 3.63) is 83.9 Å². The summed E-state index contributed by atoms with van der Waals surface area (Å²) < 4.78 is 25.5. The Balaban J connectivity index is 1.39. The van der Waals surface area contributed by atoms with Crippen LogP contribution in [-0.2, 0) is 23.7 Å². The first-order chi connectivity index (χ1) is 21.3. The molecule has 230 valence electrons. The largest absolute Gasteiger partial charge is 0.460 e. The van der Waals surface area contributed by atoms with E-state index in [4.69, 9.17) is 18.9 Å². The maximum Gasteiger partial charge on any atom is 0.376 e. The second-order valence-corrected chi connectivity index (χ2v) is 11.1. The van der Waals surface area contributed by atoms with E-state index in [9.17, 15) is 9.59 Å². The van der Waals surface area contributed by atoms with Gasteiger partial charge in [-0.15, -0.1) is 0 Å². The number of ether oxygens (including phenoxy) is 4. The van der Waals surface area contributed by atoms with Gasteiger partial charge in [-0.1, -0.05) is 60.7 Å². The van der Waals surface area contributed by atoms with Crippen molar-refractivity contribution in [2.45, 2.75) is 63.9 Å². The van der Waals surface area contributed by atoms with Crippen molar-refractivity contribution in [3.8, 4) is 0 Å². The molecule has 0 bridgehead atoms. The van der Waals surface area contributed by atoms with Crippen molar-refractivity contribution in [2.24, 2.45) is 0 Å². The average Bonchev–Trinajstić information content (AvgIpc) is 3.69. The summed E-state index contributed by atoms with van der Waals surface area (Å²) in [6.45, 7) is 8.21. The second-order valence-electron chi connectivity index (χ2n) is 11.1. The summed E-state index contributed by atoms with van der Waals surface area (Å²) in [5.74, 6) is -1.67. The van der Waals surface area contributed by atoms with E-state index in [2.05, 4.69) is 49.9 Å². The molecule has 12 heteroatoms. The summed E-state index contributed by atoms with van der Waals surface area (Å²) in [5.41, 5.74) is 3.00. The summed E-state index contributed by atoms with van der Waals surface area (Å²) in [7, 11) is 0. The number of carbonyl (C=O) groups is 2. The van der Waals surface area contributed by atoms with Gasteiger partial charge in [0.2, 0.25) is 5.82 Å². The Labute approximate surface area is 255 Å². The molecule has 0 unspecified atom stereocenters. The van der Waals surface area contributed by atoms with Gasteiger partial charge in [-0.25, -0.2) is 19.7 Å². The molecular formula is C32H36N6O6. The summed E-state index contributed by atoms with van der Waals surface area (Å²) in [5, 5.41) is 6.24. The lowest BCUT2D eigenvalue weighted by Gasteiger charge is -2.24. The smallest absolute Gasteiger partial charge is 0.376 e. The average molecular weight is 601 g/mol. The number of imidazole rings is 1. The van der Waals surface area contributed by atoms with Crippen LogP contribution in [0.5, 0.6) is 0 Å². The van der Waals surface area contributed by atoms with Crippen LogP contribution in [0.15, 0.2) is 67.0 Å². The standard InChI is InChI=1S/C32H36N6O6/c1-5-33-29(39)24-23-25(44-32(3,4)43-23)30(42-24)38-18-35-22-26(36-27(37-28(22)38)31(40)41-6-2)34-17-21(19-13-9-7-10-14-19)20-15-11-8-12-16-20/h7-16,18,21,23-25,30H,5-6,17H2,1-4H3,(H,33,39)(H,34,36,37)/t23-,24+,25+,30-/m1/s1. The van der Waals surface area contributed by atoms with Crippen molar-refractivity contribution in [1.82, 2.24) is 24.8 Å². The Bertz CT molecular complexity index is 1590. The number of hydrogen-bond donors (Lipinski definition) is 2. The molecule has 2 N–H and O–H groups in total. The summed E-state index contributed by atoms with van der Waals surface area (Å²) in [6, 6.07) is 20.3. The van der Waals surface area contributed by atoms with Gasteiger partial charge in [0, 0.05) is 19.0 Å². The number of fused-ring (bicyclic) bond motifs is 2. The van der Waals surface area contributed by atoms with E-state index in [1.54, 1.807) is 31.7 Å². The van der Waals surface area contributed by atoms with Crippen LogP contribution in [-0.4, -0.2) is 75.2 Å². The molecule has 4 atom stereocenters. The molecule has 0 spiro atoms. The van der Waals surface area contributed by atoms with E-state index >= 15 is 0 Å². The highest BCUT2D eigenvalue weighted by Gasteiger charge is 2.58. The number of esters is 1. The predicted molar refractivity (Wildman–Crippen MR) is 161 cm³/mol. The number of carbonyl (C=O) groups excluding carboxylic acids is 2. The Kier molecular flexibility index (Phi) is 8.30. The predicted octanol–water partition coefficient (Wildman–Crippen LogP) is 3.80. The lowest BCUT2D eigenvalue weighted by molar-refractivity contribution is -0.197. The molecule has 0 aliphatic carbocycles. The third-order valence-corrected chi connectivity index (χ3v) is 7.67. The number of rotatable bonds is 10. The fourth-order valence-corrected chi connectivity index (χ4v) is 5.80. The van der Waals surface area contributed by atoms with E-state index in [-0.39, 0.29) is 24.3 Å². The quantitative estimate of drug-likeness (QED) is 0.259. The minimum absolute atomic E-state index is 0.0152. The van der Waals surface area contributed by atoms with Crippen LogP contribution in [0.3, 0.4) is 0 Å². The highest BCUT2D eigenvalue weighted by atomic mass is 16.8. The van der Waals surface area contributed by atoms with E-state index < -0.39 is 36.3 Å². The normalized spacial score (nSPS) is 22.2. The van der Waals surface area contributed by atoms with Crippen LogP contribution in [0.25, 0.3) is 11.2 Å². The zero-order chi connectivity index (χ0) is 30.8. The van der Waals surface area contributed by atoms with Crippen molar-refractivity contribution >= 4 is 28.9 Å². The highest BCUT2D eigenvalue weighted by Crippen LogP contribution is 2.44. The molecule has 44 heavy (non-hydrogen) atoms. The molecule has 0 saturated carbocycles. The topological polar surface area (TPSA) is 139 Å². The number of likely N-dealkylation sites (N-methyl/N-ethyl adjacent to an activating group) is 1. The monoisotopic (exact) mass is 600 g/mol. The van der Waals surface area contributed by atoms with Crippen molar-refractivity contribution in [2.75, 3.05) is 25.0 Å². The molecule has 2 aromatic carbocycles. The molecule has 2 saturated heterocycles. The van der Waals surface area contributed by atoms with E-state index in [0.29, 0.717) is 30.1 Å². The summed E-state index contributed by atoms with van der Waals surface area (Å²) in [4.78, 5) is 39.6. The third-order valence-electron chi connectivity index (χ3n) is 7.67. The number of anilines is 1. The van der Waals surface area contributed by atoms with Crippen LogP contribution in [0, 0.1) is 0 Å². The lowest BCUT2D eigenvalue weighted by Crippen LogP contribution is -2.42. The highest BCUT2D eigenvalue weighted by molar-refractivity contribution is 5.91. The minimum atomic E-state index is -0.930. The van der Waals surface area contributed by atoms with Gasteiger partial charge in [0.25, 0.3) is 5.91 Å². The van der Waals surface area contributed by atoms with Crippen LogP contribution in [0.2, 0.25) is 0 Å². The fourth-order valence-electron chi connectivity index (χ4n) is 5.80. The van der Waals surface area contributed by atoms with Gasteiger partial charge >= 0.3 is 5.97 Å². The van der Waals surface area contributed by atoms with E-state index in [0.717, 1.165) is 11.1 Å². The van der Waals surface area contributed by atoms with Crippen LogP contribution in [0.4, 0.5) is 5.82 Å². The third kappa shape index (κ3) is 5.75. The van der Waals surface area contributed by atoms with Crippen molar-refractivity contribution < 1.29 is 28.5 Å². The van der Waals surface area contributed by atoms with Gasteiger partial charge in [0.15, 0.2) is 35.1 Å². The van der Waals surface area contributed by atoms with Crippen LogP contribution in [0.1, 0.15) is 61.6 Å². The van der Waals surface area contributed by atoms with E-state index in [1.807, 2.05) is 43.3 Å². The van der Waals surface area contributed by atoms with Gasteiger partial charge in [-0.2, -0.15) is 0 Å². The number of hydrogen-bond acceptors (Lipinski definition) is 10. The Hall–Kier alpha value is -4.39. The van der Waals surface area contributed by atoms with Gasteiger partial charge in [-0.05, 0) is 38.8 Å². The first-order valence-corrected chi connectivity index (χ1v) is 14.8. The number of nitrogens with one attached hydrogen (secondary N) is 2. The number of amides is 1. The van der Waals surface area contributed by atoms with Crippen molar-refractivity contribution in [1.29, 1.82) is 0 Å². The first kappa shape index (κ1) is 29.7. The maximum atomic E-state index is 12.9. The van der Waals surface area contributed by atoms with Gasteiger partial charge in [-0.3, -0.25) is 9.36 Å². The minimum Gasteiger partial charge on any atom is -0.460 e. The molecule has 6 rings (SSSR count). The second kappa shape index (κ2) is 12.3. The van der Waals surface area contributed by atoms with E-state index in [1.165, 1.54) is 0 Å². The Morgan fingerprint density at radius 3 is 2.27 bits per heavy atom. The van der Waals surface area contributed by atoms with Gasteiger partial charge in [0.1, 0.15) is 12.2 Å². The van der Waals surface area contributed by atoms with Crippen LogP contribution >= 0.6 is 0 Å². The molecule has 4 heterocycles. The summed E-state index contributed by atoms with van der Waals surface area (Å²) >= 11 is 0. The zero-order valence-corrected chi connectivity index (χ0v) is 25.1. The van der Waals surface area contributed by atoms with Crippen LogP contribution < -0.4 is 10.6 Å². The number of nitrogens with zero attached hydrogens (tertiary/aromatic N) is 4. The fraction of sp³-hybridized carbons (Fsp3) is 0.406. The number of aromatic nitrogens is 4. The zero-order valence-electron chi connectivity index (χ0n) is 25.1. The molecule has 4 aromatic rings. The van der Waals surface area contributed by atoms with Gasteiger partial charge < -0.3 is 29.6 Å². The molecule has 2 aliphatic rings. The van der Waals surface area contributed by atoms with Crippen molar-refractivity contribution in [3.63, 3.8) is 0 Å². The molecule has 2 aromatic heterocycles. The molecule has 12 nitrogen and oxygen atoms in total. The Morgan fingerprint density at radius 1 is 0.977 bits per heavy atom. The molecule has 2 fully saturated rings. The Morgan fingerprint density at radius 2 is 1.64 bits per heavy atom.